The first-order chi connectivity index (χ1) is 16.2. The third kappa shape index (κ3) is 2.85. The number of allylic oxidation sites excluding steroid dienone is 2. The highest BCUT2D eigenvalue weighted by Gasteiger charge is 2.55. The van der Waals surface area contributed by atoms with Gasteiger partial charge in [0.25, 0.3) is 5.56 Å². The Labute approximate surface area is 187 Å². The number of hydrogen-bond donors (Lipinski definition) is 0. The summed E-state index contributed by atoms with van der Waals surface area (Å²) in [4.78, 5) is 29.9. The molecule has 0 spiro atoms. The van der Waals surface area contributed by atoms with E-state index in [9.17, 15) is 4.79 Å². The van der Waals surface area contributed by atoms with Gasteiger partial charge in [0.05, 0.1) is 6.33 Å². The van der Waals surface area contributed by atoms with E-state index in [1.54, 1.807) is 17.9 Å². The van der Waals surface area contributed by atoms with Gasteiger partial charge < -0.3 is 9.09 Å². The second kappa shape index (κ2) is 6.68. The SMILES string of the molecule is Cn1cnc2ncn(Cc3nc([C@H]4[C@@H]5C=C(c6ccc7ccncc7c6)C[C@@H]54)no3)c(=O)c21. The van der Waals surface area contributed by atoms with E-state index in [-0.39, 0.29) is 18.0 Å². The predicted octanol–water partition coefficient (Wildman–Crippen LogP) is 2.93. The van der Waals surface area contributed by atoms with E-state index in [0.29, 0.717) is 28.9 Å². The number of hydrogen-bond acceptors (Lipinski definition) is 7. The van der Waals surface area contributed by atoms with Gasteiger partial charge in [-0.25, -0.2) is 9.97 Å². The van der Waals surface area contributed by atoms with Crippen LogP contribution in [-0.2, 0) is 13.6 Å². The number of pyridine rings is 1. The Hall–Kier alpha value is -4.14. The fraction of sp³-hybridized carbons (Fsp3) is 0.250. The van der Waals surface area contributed by atoms with Crippen LogP contribution in [0.2, 0.25) is 0 Å². The third-order valence-corrected chi connectivity index (χ3v) is 6.88. The molecule has 1 saturated carbocycles. The van der Waals surface area contributed by atoms with Gasteiger partial charge in [-0.05, 0) is 46.9 Å². The van der Waals surface area contributed by atoms with E-state index in [1.165, 1.54) is 27.4 Å². The minimum absolute atomic E-state index is 0.179. The molecule has 162 valence electrons. The van der Waals surface area contributed by atoms with Crippen molar-refractivity contribution in [3.05, 3.63) is 83.0 Å². The van der Waals surface area contributed by atoms with Gasteiger partial charge in [0, 0.05) is 30.7 Å². The standard InChI is InChI=1S/C24H19N7O2/c1-30-11-26-23-21(30)24(32)31(12-27-23)10-19-28-22(29-33-19)20-17-7-15(8-18(17)20)14-3-2-13-4-5-25-9-16(13)6-14/h2-7,9,11-12,17-18,20H,8,10H2,1H3/t17-,18+,20+/m1/s1. The number of benzene rings is 1. The summed E-state index contributed by atoms with van der Waals surface area (Å²) in [5, 5.41) is 6.58. The van der Waals surface area contributed by atoms with Gasteiger partial charge in [-0.2, -0.15) is 4.98 Å². The molecule has 2 aliphatic rings. The molecule has 0 unspecified atom stereocenters. The van der Waals surface area contributed by atoms with E-state index < -0.39 is 0 Å². The maximum atomic E-state index is 12.7. The van der Waals surface area contributed by atoms with Gasteiger partial charge in [0.2, 0.25) is 5.89 Å². The van der Waals surface area contributed by atoms with E-state index >= 15 is 0 Å². The molecule has 0 aliphatic heterocycles. The number of imidazole rings is 1. The van der Waals surface area contributed by atoms with E-state index in [4.69, 9.17) is 4.52 Å². The van der Waals surface area contributed by atoms with Crippen LogP contribution in [-0.4, -0.2) is 34.2 Å². The van der Waals surface area contributed by atoms with Crippen molar-refractivity contribution >= 4 is 27.5 Å². The largest absolute Gasteiger partial charge is 0.337 e. The Morgan fingerprint density at radius 2 is 2.06 bits per heavy atom. The molecule has 9 nitrogen and oxygen atoms in total. The van der Waals surface area contributed by atoms with Gasteiger partial charge in [-0.3, -0.25) is 14.3 Å². The van der Waals surface area contributed by atoms with Crippen LogP contribution in [0, 0.1) is 11.8 Å². The summed E-state index contributed by atoms with van der Waals surface area (Å²) in [5.74, 6) is 2.35. The first-order valence-electron chi connectivity index (χ1n) is 10.9. The molecule has 1 fully saturated rings. The molecule has 0 saturated heterocycles. The smallest absolute Gasteiger partial charge is 0.280 e. The summed E-state index contributed by atoms with van der Waals surface area (Å²) in [5.41, 5.74) is 3.34. The lowest BCUT2D eigenvalue weighted by atomic mass is 9.98. The molecule has 4 aromatic heterocycles. The van der Waals surface area contributed by atoms with Crippen LogP contribution in [0.15, 0.2) is 64.7 Å². The Balaban J connectivity index is 1.10. The highest BCUT2D eigenvalue weighted by molar-refractivity contribution is 5.86. The Morgan fingerprint density at radius 1 is 1.15 bits per heavy atom. The van der Waals surface area contributed by atoms with Gasteiger partial charge >= 0.3 is 0 Å². The van der Waals surface area contributed by atoms with Crippen molar-refractivity contribution in [3.63, 3.8) is 0 Å². The van der Waals surface area contributed by atoms with E-state index in [2.05, 4.69) is 49.4 Å². The highest BCUT2D eigenvalue weighted by atomic mass is 16.5. The third-order valence-electron chi connectivity index (χ3n) is 6.88. The number of fused-ring (bicyclic) bond motifs is 3. The van der Waals surface area contributed by atoms with Crippen LogP contribution in [0.4, 0.5) is 0 Å². The summed E-state index contributed by atoms with van der Waals surface area (Å²) >= 11 is 0. The second-order valence-electron chi connectivity index (χ2n) is 8.85. The minimum atomic E-state index is -0.179. The lowest BCUT2D eigenvalue weighted by molar-refractivity contribution is 0.364. The first kappa shape index (κ1) is 18.4. The first-order valence-corrected chi connectivity index (χ1v) is 10.9. The summed E-state index contributed by atoms with van der Waals surface area (Å²) in [7, 11) is 1.77. The summed E-state index contributed by atoms with van der Waals surface area (Å²) < 4.78 is 8.62. The Morgan fingerprint density at radius 3 is 2.94 bits per heavy atom. The molecule has 1 aromatic carbocycles. The average Bonchev–Trinajstić information content (AvgIpc) is 3.24. The fourth-order valence-electron chi connectivity index (χ4n) is 5.11. The van der Waals surface area contributed by atoms with Crippen molar-refractivity contribution in [2.75, 3.05) is 0 Å². The molecule has 0 bridgehead atoms. The van der Waals surface area contributed by atoms with Gasteiger partial charge in [0.1, 0.15) is 12.9 Å². The highest BCUT2D eigenvalue weighted by Crippen LogP contribution is 2.62. The fourth-order valence-corrected chi connectivity index (χ4v) is 5.11. The maximum Gasteiger partial charge on any atom is 0.280 e. The minimum Gasteiger partial charge on any atom is -0.337 e. The number of aromatic nitrogens is 7. The van der Waals surface area contributed by atoms with Crippen LogP contribution in [0.3, 0.4) is 0 Å². The topological polar surface area (TPSA) is 105 Å². The van der Waals surface area contributed by atoms with Crippen LogP contribution in [0.5, 0.6) is 0 Å². The van der Waals surface area contributed by atoms with Crippen molar-refractivity contribution in [2.45, 2.75) is 18.9 Å². The lowest BCUT2D eigenvalue weighted by Crippen LogP contribution is -2.22. The molecular weight excluding hydrogens is 418 g/mol. The van der Waals surface area contributed by atoms with E-state index in [0.717, 1.165) is 17.6 Å². The molecule has 33 heavy (non-hydrogen) atoms. The zero-order chi connectivity index (χ0) is 22.1. The summed E-state index contributed by atoms with van der Waals surface area (Å²) in [6, 6.07) is 8.58. The average molecular weight is 437 g/mol. The molecule has 5 aromatic rings. The number of aryl methyl sites for hydroxylation is 1. The normalized spacial score (nSPS) is 21.5. The van der Waals surface area contributed by atoms with Crippen LogP contribution in [0.1, 0.15) is 29.6 Å². The molecular formula is C24H19N7O2. The predicted molar refractivity (Wildman–Crippen MR) is 120 cm³/mol. The molecule has 9 heteroatoms. The molecule has 7 rings (SSSR count). The van der Waals surface area contributed by atoms with Crippen LogP contribution >= 0.6 is 0 Å². The maximum absolute atomic E-state index is 12.7. The number of nitrogens with zero attached hydrogens (tertiary/aromatic N) is 7. The second-order valence-corrected chi connectivity index (χ2v) is 8.85. The van der Waals surface area contributed by atoms with Gasteiger partial charge in [-0.15, -0.1) is 0 Å². The van der Waals surface area contributed by atoms with Crippen LogP contribution in [0.25, 0.3) is 27.5 Å². The van der Waals surface area contributed by atoms with Crippen molar-refractivity contribution in [2.24, 2.45) is 18.9 Å². The van der Waals surface area contributed by atoms with Gasteiger partial charge in [0.15, 0.2) is 17.0 Å². The number of rotatable bonds is 4. The quantitative estimate of drug-likeness (QED) is 0.426. The Bertz CT molecular complexity index is 1640. The molecule has 3 atom stereocenters. The molecule has 0 amide bonds. The summed E-state index contributed by atoms with van der Waals surface area (Å²) in [6.45, 7) is 0.189. The molecule has 0 radical (unpaired) electrons. The lowest BCUT2D eigenvalue weighted by Gasteiger charge is -2.07. The summed E-state index contributed by atoms with van der Waals surface area (Å²) in [6.07, 6.45) is 10.1. The van der Waals surface area contributed by atoms with Crippen LogP contribution < -0.4 is 5.56 Å². The van der Waals surface area contributed by atoms with Crippen molar-refractivity contribution < 1.29 is 4.52 Å². The van der Waals surface area contributed by atoms with Crippen molar-refractivity contribution in [1.82, 2.24) is 34.2 Å². The van der Waals surface area contributed by atoms with Gasteiger partial charge in [-0.1, -0.05) is 23.4 Å². The molecule has 4 heterocycles. The Kier molecular flexibility index (Phi) is 3.73. The molecule has 0 N–H and O–H groups in total. The van der Waals surface area contributed by atoms with Crippen molar-refractivity contribution in [1.29, 1.82) is 0 Å². The van der Waals surface area contributed by atoms with Crippen molar-refractivity contribution in [3.8, 4) is 0 Å². The molecule has 2 aliphatic carbocycles. The van der Waals surface area contributed by atoms with E-state index in [1.807, 2.05) is 18.5 Å². The zero-order valence-electron chi connectivity index (χ0n) is 17.8. The zero-order valence-corrected chi connectivity index (χ0v) is 17.8. The monoisotopic (exact) mass is 437 g/mol.